The monoisotopic (exact) mass is 798 g/mol. The number of piperidine rings is 1. The van der Waals surface area contributed by atoms with Gasteiger partial charge in [0.25, 0.3) is 5.91 Å². The maximum absolute atomic E-state index is 13.6. The fourth-order valence-electron chi connectivity index (χ4n) is 7.16. The molecule has 3 aromatic rings. The smallest absolute Gasteiger partial charge is 0.329 e. The van der Waals surface area contributed by atoms with Crippen molar-refractivity contribution in [2.75, 3.05) is 58.5 Å². The number of likely N-dealkylation sites (tertiary alicyclic amines) is 1. The summed E-state index contributed by atoms with van der Waals surface area (Å²) in [6.45, 7) is 17.3. The lowest BCUT2D eigenvalue weighted by Crippen LogP contribution is -2.52. The summed E-state index contributed by atoms with van der Waals surface area (Å²) >= 11 is 0. The van der Waals surface area contributed by atoms with E-state index in [4.69, 9.17) is 19.3 Å². The molecule has 1 aliphatic rings. The predicted molar refractivity (Wildman–Crippen MR) is 233 cm³/mol. The number of carbonyl (C=O) groups is 2. The average Bonchev–Trinajstić information content (AvgIpc) is 3.23. The van der Waals surface area contributed by atoms with Crippen molar-refractivity contribution in [1.29, 1.82) is 0 Å². The van der Waals surface area contributed by atoms with Crippen LogP contribution < -0.4 is 20.7 Å². The average molecular weight is 798 g/mol. The molecule has 3 atom stereocenters. The lowest BCUT2D eigenvalue weighted by Gasteiger charge is -2.44. The zero-order chi connectivity index (χ0) is 41.8. The van der Waals surface area contributed by atoms with Gasteiger partial charge in [0.2, 0.25) is 0 Å². The molecule has 0 bridgehead atoms. The van der Waals surface area contributed by atoms with Gasteiger partial charge in [-0.1, -0.05) is 58.0 Å². The molecule has 4 rings (SSSR count). The molecule has 2 unspecified atom stereocenters. The van der Waals surface area contributed by atoms with Crippen LogP contribution in [0.5, 0.6) is 5.75 Å². The molecular weight excluding hydrogens is 731 g/mol. The van der Waals surface area contributed by atoms with E-state index in [-0.39, 0.29) is 18.6 Å². The second-order valence-corrected chi connectivity index (χ2v) is 15.6. The number of aromatic nitrogens is 1. The van der Waals surface area contributed by atoms with E-state index in [1.54, 1.807) is 0 Å². The summed E-state index contributed by atoms with van der Waals surface area (Å²) in [7, 11) is 2.16. The SMILES string of the molecule is C=C(N/C(=C\C(CC)C(C)CC)c1ccncc1)C1(Nc2cccc(C(=O)N[C@H](C)c3ccc(OCCCCCOCCCOCC(=O)O)cc3)c2)CCN(C)CC1. The molecule has 1 saturated heterocycles. The quantitative estimate of drug-likeness (QED) is 0.0585. The van der Waals surface area contributed by atoms with Crippen LogP contribution in [0.3, 0.4) is 0 Å². The number of ether oxygens (including phenoxy) is 3. The number of nitrogens with zero attached hydrogens (tertiary/aromatic N) is 2. The van der Waals surface area contributed by atoms with Crippen molar-refractivity contribution >= 4 is 23.3 Å². The van der Waals surface area contributed by atoms with E-state index < -0.39 is 11.5 Å². The Balaban J connectivity index is 1.31. The van der Waals surface area contributed by atoms with Crippen LogP contribution in [-0.2, 0) is 14.3 Å². The normalized spacial score (nSPS) is 15.8. The van der Waals surface area contributed by atoms with Gasteiger partial charge in [-0.15, -0.1) is 0 Å². The second-order valence-electron chi connectivity index (χ2n) is 15.6. The number of pyridine rings is 1. The van der Waals surface area contributed by atoms with Crippen molar-refractivity contribution in [1.82, 2.24) is 20.5 Å². The van der Waals surface area contributed by atoms with E-state index in [9.17, 15) is 9.59 Å². The predicted octanol–water partition coefficient (Wildman–Crippen LogP) is 8.72. The number of rotatable bonds is 26. The molecule has 0 spiro atoms. The molecule has 316 valence electrons. The summed E-state index contributed by atoms with van der Waals surface area (Å²) in [4.78, 5) is 30.7. The Morgan fingerprint density at radius 2 is 1.59 bits per heavy atom. The first-order valence-corrected chi connectivity index (χ1v) is 21.1. The van der Waals surface area contributed by atoms with Gasteiger partial charge in [-0.3, -0.25) is 9.78 Å². The molecule has 0 radical (unpaired) electrons. The highest BCUT2D eigenvalue weighted by molar-refractivity contribution is 5.95. The van der Waals surface area contributed by atoms with Crippen molar-refractivity contribution < 1.29 is 28.9 Å². The maximum atomic E-state index is 13.6. The van der Waals surface area contributed by atoms with Gasteiger partial charge >= 0.3 is 5.97 Å². The van der Waals surface area contributed by atoms with Crippen LogP contribution in [-0.4, -0.2) is 85.6 Å². The fourth-order valence-corrected chi connectivity index (χ4v) is 7.16. The summed E-state index contributed by atoms with van der Waals surface area (Å²) in [6, 6.07) is 19.5. The first kappa shape index (κ1) is 46.0. The van der Waals surface area contributed by atoms with Crippen LogP contribution >= 0.6 is 0 Å². The van der Waals surface area contributed by atoms with E-state index in [2.05, 4.69) is 66.3 Å². The van der Waals surface area contributed by atoms with E-state index in [0.29, 0.717) is 50.2 Å². The Bertz CT molecular complexity index is 1720. The second kappa shape index (κ2) is 24.3. The van der Waals surface area contributed by atoms with Gasteiger partial charge in [0.05, 0.1) is 18.2 Å². The first-order valence-electron chi connectivity index (χ1n) is 21.1. The number of hydrogen-bond acceptors (Lipinski definition) is 9. The minimum absolute atomic E-state index is 0.139. The summed E-state index contributed by atoms with van der Waals surface area (Å²) in [6.07, 6.45) is 13.4. The number of anilines is 1. The highest BCUT2D eigenvalue weighted by Gasteiger charge is 2.37. The van der Waals surface area contributed by atoms with Crippen LogP contribution in [0.1, 0.15) is 107 Å². The third-order valence-corrected chi connectivity index (χ3v) is 11.2. The highest BCUT2D eigenvalue weighted by atomic mass is 16.5. The molecule has 4 N–H and O–H groups in total. The third kappa shape index (κ3) is 14.9. The van der Waals surface area contributed by atoms with Crippen LogP contribution in [0, 0.1) is 11.8 Å². The number of aliphatic carboxylic acids is 1. The summed E-state index contributed by atoms with van der Waals surface area (Å²) in [5.74, 6) is 0.668. The zero-order valence-electron chi connectivity index (χ0n) is 35.4. The number of carboxylic acid groups (broad SMARTS) is 1. The van der Waals surface area contributed by atoms with E-state index >= 15 is 0 Å². The van der Waals surface area contributed by atoms with Gasteiger partial charge in [0.15, 0.2) is 0 Å². The van der Waals surface area contributed by atoms with E-state index in [0.717, 1.165) is 92.0 Å². The van der Waals surface area contributed by atoms with Gasteiger partial charge in [0, 0.05) is 73.5 Å². The molecule has 2 heterocycles. The summed E-state index contributed by atoms with van der Waals surface area (Å²) in [5, 5.41) is 19.4. The molecule has 58 heavy (non-hydrogen) atoms. The fraction of sp³-hybridized carbons (Fsp3) is 0.511. The third-order valence-electron chi connectivity index (χ3n) is 11.2. The summed E-state index contributed by atoms with van der Waals surface area (Å²) in [5.41, 5.74) is 5.08. The topological polar surface area (TPSA) is 134 Å². The Kier molecular flexibility index (Phi) is 19.2. The Labute approximate surface area is 346 Å². The lowest BCUT2D eigenvalue weighted by molar-refractivity contribution is -0.142. The van der Waals surface area contributed by atoms with Crippen molar-refractivity contribution in [3.05, 3.63) is 108 Å². The number of carboxylic acids is 1. The minimum atomic E-state index is -0.959. The lowest BCUT2D eigenvalue weighted by atomic mass is 9.83. The van der Waals surface area contributed by atoms with Crippen LogP contribution in [0.4, 0.5) is 5.69 Å². The Hall–Kier alpha value is -4.71. The molecule has 0 saturated carbocycles. The van der Waals surface area contributed by atoms with Gasteiger partial charge in [0.1, 0.15) is 12.4 Å². The Morgan fingerprint density at radius 3 is 2.28 bits per heavy atom. The molecule has 2 aromatic carbocycles. The van der Waals surface area contributed by atoms with Crippen molar-refractivity contribution in [2.24, 2.45) is 11.8 Å². The van der Waals surface area contributed by atoms with Crippen molar-refractivity contribution in [3.63, 3.8) is 0 Å². The van der Waals surface area contributed by atoms with Crippen LogP contribution in [0.25, 0.3) is 5.70 Å². The number of nitrogens with one attached hydrogen (secondary N) is 3. The minimum Gasteiger partial charge on any atom is -0.494 e. The van der Waals surface area contributed by atoms with Gasteiger partial charge in [-0.25, -0.2) is 4.79 Å². The molecule has 1 amide bonds. The van der Waals surface area contributed by atoms with Crippen LogP contribution in [0.2, 0.25) is 0 Å². The van der Waals surface area contributed by atoms with Crippen LogP contribution in [0.15, 0.2) is 91.4 Å². The molecule has 0 aliphatic carbocycles. The van der Waals surface area contributed by atoms with Crippen molar-refractivity contribution in [3.8, 4) is 5.75 Å². The van der Waals surface area contributed by atoms with E-state index in [1.807, 2.05) is 80.0 Å². The maximum Gasteiger partial charge on any atom is 0.329 e. The number of hydrogen-bond donors (Lipinski definition) is 4. The number of allylic oxidation sites excluding steroid dienone is 1. The summed E-state index contributed by atoms with van der Waals surface area (Å²) < 4.78 is 16.5. The largest absolute Gasteiger partial charge is 0.494 e. The number of benzene rings is 2. The number of unbranched alkanes of at least 4 members (excludes halogenated alkanes) is 2. The van der Waals surface area contributed by atoms with Gasteiger partial charge in [-0.05, 0) is 119 Å². The number of carbonyl (C=O) groups excluding carboxylic acids is 1. The molecule has 1 fully saturated rings. The first-order chi connectivity index (χ1) is 28.0. The Morgan fingerprint density at radius 1 is 0.897 bits per heavy atom. The standard InChI is InChI=1S/C47H67N5O6/c1-7-35(3)38(8-2)33-44(40-20-24-48-25-21-40)50-37(5)47(22-26-52(6)27-23-47)51-42-15-12-14-41(32-42)46(55)49-36(4)39-16-18-43(19-17-39)58-31-11-9-10-28-56-29-13-30-57-34-45(53)54/h12,14-21,24-25,32-33,35-36,38,50-51H,5,7-11,13,22-23,26-31,34H2,1-4,6H3,(H,49,55)(H,53,54)/b44-33-/t35?,36-,38?/m1/s1. The van der Waals surface area contributed by atoms with Crippen molar-refractivity contribution in [2.45, 2.75) is 90.6 Å². The molecule has 1 aromatic heterocycles. The molecule has 1 aliphatic heterocycles. The zero-order valence-corrected chi connectivity index (χ0v) is 35.4. The number of amides is 1. The molecule has 11 nitrogen and oxygen atoms in total. The molecule has 11 heteroatoms. The van der Waals surface area contributed by atoms with Gasteiger partial charge < -0.3 is 40.2 Å². The van der Waals surface area contributed by atoms with Gasteiger partial charge in [-0.2, -0.15) is 0 Å². The molecular formula is C47H67N5O6. The van der Waals surface area contributed by atoms with E-state index in [1.165, 1.54) is 0 Å². The highest BCUT2D eigenvalue weighted by Crippen LogP contribution is 2.34.